The van der Waals surface area contributed by atoms with Gasteiger partial charge in [0, 0.05) is 38.4 Å². The molecule has 0 spiro atoms. The first-order valence-electron chi connectivity index (χ1n) is 12.8. The number of benzene rings is 1. The van der Waals surface area contributed by atoms with Gasteiger partial charge < -0.3 is 20.0 Å². The van der Waals surface area contributed by atoms with E-state index in [0.29, 0.717) is 12.8 Å². The number of amides is 2. The Kier molecular flexibility index (Phi) is 6.83. The summed E-state index contributed by atoms with van der Waals surface area (Å²) in [4.78, 5) is 31.1. The van der Waals surface area contributed by atoms with Gasteiger partial charge in [-0.15, -0.1) is 0 Å². The molecule has 0 radical (unpaired) electrons. The quantitative estimate of drug-likeness (QED) is 0.543. The maximum Gasteiger partial charge on any atom is 0.403 e. The Hall–Kier alpha value is -2.56. The fourth-order valence-corrected chi connectivity index (χ4v) is 7.62. The van der Waals surface area contributed by atoms with E-state index < -0.39 is 75.9 Å². The summed E-state index contributed by atoms with van der Waals surface area (Å²) in [5.74, 6) is -2.12. The normalized spacial score (nSPS) is 26.2. The SMILES string of the molecule is CN1CCN(c2ccc(S(=O)(=O)[C@@H]3CC(C(=O)NC4(C#N)CC4)N(C(=O)C4(C(F)(F)F)CC4)C3)c(Cl)c2)CC1. The van der Waals surface area contributed by atoms with E-state index in [1.54, 1.807) is 12.1 Å². The summed E-state index contributed by atoms with van der Waals surface area (Å²) in [5, 5.41) is 10.5. The van der Waals surface area contributed by atoms with Gasteiger partial charge >= 0.3 is 6.18 Å². The molecule has 1 aromatic carbocycles. The van der Waals surface area contributed by atoms with Crippen molar-refractivity contribution >= 4 is 38.9 Å². The third kappa shape index (κ3) is 4.95. The maximum absolute atomic E-state index is 13.8. The number of alkyl halides is 3. The fraction of sp³-hybridized carbons (Fsp3) is 0.640. The molecule has 4 aliphatic rings. The molecule has 2 saturated carbocycles. The number of piperazine rings is 1. The number of anilines is 1. The molecule has 1 aromatic rings. The molecule has 0 aromatic heterocycles. The summed E-state index contributed by atoms with van der Waals surface area (Å²) >= 11 is 6.43. The molecular formula is C25H29ClF3N5O4S. The number of hydrogen-bond donors (Lipinski definition) is 1. The smallest absolute Gasteiger partial charge is 0.369 e. The molecule has 4 fully saturated rings. The van der Waals surface area contributed by atoms with Gasteiger partial charge in [-0.3, -0.25) is 9.59 Å². The van der Waals surface area contributed by atoms with Crippen molar-refractivity contribution in [2.75, 3.05) is 44.7 Å². The lowest BCUT2D eigenvalue weighted by Gasteiger charge is -2.34. The average Bonchev–Trinajstić information content (AvgIpc) is 3.80. The van der Waals surface area contributed by atoms with Crippen molar-refractivity contribution < 1.29 is 31.2 Å². The van der Waals surface area contributed by atoms with Crippen LogP contribution in [0.5, 0.6) is 0 Å². The zero-order valence-electron chi connectivity index (χ0n) is 21.3. The number of nitrogens with one attached hydrogen (secondary N) is 1. The van der Waals surface area contributed by atoms with E-state index in [-0.39, 0.29) is 9.92 Å². The molecule has 2 aliphatic heterocycles. The summed E-state index contributed by atoms with van der Waals surface area (Å²) in [6.45, 7) is 2.56. The molecule has 2 atom stereocenters. The average molecular weight is 588 g/mol. The predicted octanol–water partition coefficient (Wildman–Crippen LogP) is 2.35. The Morgan fingerprint density at radius 2 is 1.77 bits per heavy atom. The minimum absolute atomic E-state index is 0.0347. The highest BCUT2D eigenvalue weighted by Gasteiger charge is 2.70. The molecule has 5 rings (SSSR count). The number of carbonyl (C=O) groups is 2. The first-order valence-corrected chi connectivity index (χ1v) is 14.7. The first-order chi connectivity index (χ1) is 18.2. The Labute approximate surface area is 229 Å². The molecule has 2 amide bonds. The first kappa shape index (κ1) is 28.0. The van der Waals surface area contributed by atoms with Gasteiger partial charge in [0.2, 0.25) is 11.8 Å². The van der Waals surface area contributed by atoms with Crippen LogP contribution >= 0.6 is 11.6 Å². The van der Waals surface area contributed by atoms with Gasteiger partial charge in [-0.2, -0.15) is 18.4 Å². The number of sulfone groups is 1. The van der Waals surface area contributed by atoms with E-state index in [2.05, 4.69) is 15.1 Å². The van der Waals surface area contributed by atoms with Crippen LogP contribution in [0.3, 0.4) is 0 Å². The molecule has 14 heteroatoms. The van der Waals surface area contributed by atoms with Crippen LogP contribution in [-0.4, -0.2) is 92.8 Å². The predicted molar refractivity (Wildman–Crippen MR) is 136 cm³/mol. The van der Waals surface area contributed by atoms with Gasteiger partial charge in [-0.1, -0.05) is 11.6 Å². The molecule has 39 heavy (non-hydrogen) atoms. The van der Waals surface area contributed by atoms with Gasteiger partial charge in [0.1, 0.15) is 17.0 Å². The summed E-state index contributed by atoms with van der Waals surface area (Å²) in [6, 6.07) is 5.08. The number of halogens is 4. The second-order valence-electron chi connectivity index (χ2n) is 11.0. The Morgan fingerprint density at radius 1 is 1.13 bits per heavy atom. The van der Waals surface area contributed by atoms with Crippen LogP contribution in [-0.2, 0) is 19.4 Å². The molecule has 1 N–H and O–H groups in total. The van der Waals surface area contributed by atoms with E-state index in [4.69, 9.17) is 11.6 Å². The van der Waals surface area contributed by atoms with Crippen LogP contribution in [0.4, 0.5) is 18.9 Å². The minimum Gasteiger partial charge on any atom is -0.369 e. The topological polar surface area (TPSA) is 114 Å². The van der Waals surface area contributed by atoms with Crippen LogP contribution in [0.1, 0.15) is 32.1 Å². The zero-order chi connectivity index (χ0) is 28.4. The standard InChI is InChI=1S/C25H29ClF3N5O4S/c1-32-8-10-33(11-9-32)16-2-3-20(18(26)12-16)39(37,38)17-13-19(21(35)31-23(15-30)4-5-23)34(14-17)22(36)24(6-7-24)25(27,28)29/h2-3,12,17,19H,4-11,13-14H2,1H3,(H,31,35)/t17-,19?/m1/s1. The highest BCUT2D eigenvalue weighted by Crippen LogP contribution is 2.59. The van der Waals surface area contributed by atoms with Crippen molar-refractivity contribution in [2.24, 2.45) is 5.41 Å². The van der Waals surface area contributed by atoms with E-state index in [0.717, 1.165) is 36.8 Å². The number of carbonyl (C=O) groups excluding carboxylic acids is 2. The fourth-order valence-electron chi connectivity index (χ4n) is 5.38. The number of likely N-dealkylation sites (tertiary alicyclic amines) is 1. The van der Waals surface area contributed by atoms with Crippen LogP contribution in [0.2, 0.25) is 5.02 Å². The van der Waals surface area contributed by atoms with Crippen LogP contribution in [0.15, 0.2) is 23.1 Å². The molecule has 212 valence electrons. The van der Waals surface area contributed by atoms with Crippen molar-refractivity contribution in [1.29, 1.82) is 5.26 Å². The number of rotatable bonds is 6. The van der Waals surface area contributed by atoms with E-state index >= 15 is 0 Å². The third-order valence-corrected chi connectivity index (χ3v) is 11.0. The van der Waals surface area contributed by atoms with Crippen molar-refractivity contribution in [3.05, 3.63) is 23.2 Å². The Morgan fingerprint density at radius 3 is 2.28 bits per heavy atom. The largest absolute Gasteiger partial charge is 0.403 e. The van der Waals surface area contributed by atoms with Gasteiger partial charge in [-0.25, -0.2) is 8.42 Å². The van der Waals surface area contributed by atoms with E-state index in [1.807, 2.05) is 13.1 Å². The second kappa shape index (κ2) is 9.52. The molecule has 2 heterocycles. The summed E-state index contributed by atoms with van der Waals surface area (Å²) in [7, 11) is -2.22. The molecular weight excluding hydrogens is 559 g/mol. The third-order valence-electron chi connectivity index (χ3n) is 8.38. The van der Waals surface area contributed by atoms with Crippen molar-refractivity contribution in [2.45, 2.75) is 60.0 Å². The van der Waals surface area contributed by atoms with Gasteiger partial charge in [0.25, 0.3) is 0 Å². The second-order valence-corrected chi connectivity index (χ2v) is 13.6. The highest BCUT2D eigenvalue weighted by molar-refractivity contribution is 7.92. The minimum atomic E-state index is -4.82. The van der Waals surface area contributed by atoms with E-state index in [1.165, 1.54) is 6.07 Å². The molecule has 9 nitrogen and oxygen atoms in total. The summed E-state index contributed by atoms with van der Waals surface area (Å²) in [6.07, 6.45) is -5.31. The Balaban J connectivity index is 1.41. The molecule has 0 bridgehead atoms. The van der Waals surface area contributed by atoms with Crippen molar-refractivity contribution in [1.82, 2.24) is 15.1 Å². The van der Waals surface area contributed by atoms with Crippen molar-refractivity contribution in [3.8, 4) is 6.07 Å². The zero-order valence-corrected chi connectivity index (χ0v) is 22.9. The number of nitrogens with zero attached hydrogens (tertiary/aromatic N) is 4. The van der Waals surface area contributed by atoms with Gasteiger partial charge in [0.05, 0.1) is 21.2 Å². The maximum atomic E-state index is 13.8. The number of hydrogen-bond acceptors (Lipinski definition) is 7. The van der Waals surface area contributed by atoms with Gasteiger partial charge in [-0.05, 0) is 57.4 Å². The lowest BCUT2D eigenvalue weighted by Crippen LogP contribution is -2.53. The van der Waals surface area contributed by atoms with Crippen LogP contribution < -0.4 is 10.2 Å². The highest BCUT2D eigenvalue weighted by atomic mass is 35.5. The van der Waals surface area contributed by atoms with Crippen LogP contribution in [0.25, 0.3) is 0 Å². The molecule has 2 aliphatic carbocycles. The number of likely N-dealkylation sites (N-methyl/N-ethyl adjacent to an activating group) is 1. The van der Waals surface area contributed by atoms with E-state index in [9.17, 15) is 36.4 Å². The Bertz CT molecular complexity index is 1330. The lowest BCUT2D eigenvalue weighted by molar-refractivity contribution is -0.199. The lowest BCUT2D eigenvalue weighted by atomic mass is 10.0. The van der Waals surface area contributed by atoms with Gasteiger partial charge in [0.15, 0.2) is 9.84 Å². The van der Waals surface area contributed by atoms with Crippen LogP contribution in [0, 0.1) is 16.7 Å². The summed E-state index contributed by atoms with van der Waals surface area (Å²) in [5.41, 5.74) is -3.00. The molecule has 1 unspecified atom stereocenters. The van der Waals surface area contributed by atoms with Crippen molar-refractivity contribution in [3.63, 3.8) is 0 Å². The monoisotopic (exact) mass is 587 g/mol. The number of nitriles is 1. The summed E-state index contributed by atoms with van der Waals surface area (Å²) < 4.78 is 68.8. The molecule has 2 saturated heterocycles.